The van der Waals surface area contributed by atoms with E-state index in [0.717, 1.165) is 11.0 Å². The number of thioether (sulfide) groups is 1. The molecule has 122 valence electrons. The molecule has 1 aliphatic rings. The Hall–Kier alpha value is -2.02. The molecule has 0 amide bonds. The minimum atomic E-state index is -1.50. The van der Waals surface area contributed by atoms with Crippen molar-refractivity contribution in [2.75, 3.05) is 0 Å². The first kappa shape index (κ1) is 15.5. The number of nitrogens with zero attached hydrogens (tertiary/aromatic N) is 2. The lowest BCUT2D eigenvalue weighted by molar-refractivity contribution is -0.138. The van der Waals surface area contributed by atoms with Crippen molar-refractivity contribution in [1.82, 2.24) is 9.55 Å². The summed E-state index contributed by atoms with van der Waals surface area (Å²) in [5.74, 6) is -0.963. The van der Waals surface area contributed by atoms with Crippen LogP contribution in [0.25, 0.3) is 11.0 Å². The van der Waals surface area contributed by atoms with E-state index in [0.29, 0.717) is 15.7 Å². The molecule has 2 atom stereocenters. The van der Waals surface area contributed by atoms with E-state index in [2.05, 4.69) is 4.98 Å². The van der Waals surface area contributed by atoms with Gasteiger partial charge in [-0.05, 0) is 24.3 Å². The number of carboxylic acids is 1. The first-order chi connectivity index (χ1) is 11.5. The van der Waals surface area contributed by atoms with Crippen molar-refractivity contribution < 1.29 is 15.0 Å². The summed E-state index contributed by atoms with van der Waals surface area (Å²) in [5, 5.41) is 21.4. The fraction of sp³-hybridized carbons (Fsp3) is 0.176. The topological polar surface area (TPSA) is 75.3 Å². The van der Waals surface area contributed by atoms with E-state index >= 15 is 0 Å². The Balaban J connectivity index is 1.96. The van der Waals surface area contributed by atoms with E-state index in [9.17, 15) is 15.0 Å². The Morgan fingerprint density at radius 2 is 1.96 bits per heavy atom. The molecule has 2 heterocycles. The fourth-order valence-corrected chi connectivity index (χ4v) is 4.62. The second-order valence-corrected chi connectivity index (χ2v) is 7.26. The summed E-state index contributed by atoms with van der Waals surface area (Å²) in [6.07, 6.45) is -0.179. The van der Waals surface area contributed by atoms with Gasteiger partial charge in [-0.25, -0.2) is 4.98 Å². The first-order valence-corrected chi connectivity index (χ1v) is 8.60. The van der Waals surface area contributed by atoms with Crippen molar-refractivity contribution in [1.29, 1.82) is 0 Å². The van der Waals surface area contributed by atoms with E-state index in [1.165, 1.54) is 11.8 Å². The molecule has 0 radical (unpaired) electrons. The van der Waals surface area contributed by atoms with Gasteiger partial charge in [0, 0.05) is 10.6 Å². The zero-order valence-electron chi connectivity index (χ0n) is 12.4. The molecule has 0 bridgehead atoms. The van der Waals surface area contributed by atoms with E-state index in [1.54, 1.807) is 28.8 Å². The molecular formula is C17H13ClN2O3S. The first-order valence-electron chi connectivity index (χ1n) is 7.35. The molecule has 0 spiro atoms. The van der Waals surface area contributed by atoms with Gasteiger partial charge in [-0.1, -0.05) is 47.6 Å². The van der Waals surface area contributed by atoms with Gasteiger partial charge in [0.1, 0.15) is 0 Å². The van der Waals surface area contributed by atoms with Gasteiger partial charge in [-0.2, -0.15) is 0 Å². The van der Waals surface area contributed by atoms with Gasteiger partial charge in [0.25, 0.3) is 0 Å². The number of halogens is 1. The number of aromatic nitrogens is 2. The molecule has 7 heteroatoms. The van der Waals surface area contributed by atoms with Crippen LogP contribution in [0.3, 0.4) is 0 Å². The standard InChI is InChI=1S/C17H13ClN2O3S/c18-11-7-5-10(6-8-11)17(23)14(9-15(21)22)24-16-19-12-3-1-2-4-13(12)20(16)17/h1-8,14,23H,9H2,(H,21,22)/t14-,17-/m0/s1. The van der Waals surface area contributed by atoms with E-state index < -0.39 is 16.9 Å². The Labute approximate surface area is 146 Å². The monoisotopic (exact) mass is 360 g/mol. The highest BCUT2D eigenvalue weighted by Crippen LogP contribution is 2.49. The summed E-state index contributed by atoms with van der Waals surface area (Å²) in [6, 6.07) is 14.3. The van der Waals surface area contributed by atoms with Crippen LogP contribution in [0.4, 0.5) is 0 Å². The van der Waals surface area contributed by atoms with Crippen LogP contribution in [0, 0.1) is 0 Å². The van der Waals surface area contributed by atoms with Crippen LogP contribution in [0.1, 0.15) is 12.0 Å². The van der Waals surface area contributed by atoms with E-state index in [1.807, 2.05) is 24.3 Å². The molecule has 1 aliphatic heterocycles. The molecule has 2 aromatic carbocycles. The lowest BCUT2D eigenvalue weighted by Gasteiger charge is -2.31. The summed E-state index contributed by atoms with van der Waals surface area (Å²) in [6.45, 7) is 0. The number of benzene rings is 2. The number of aliphatic carboxylic acids is 1. The molecule has 0 unspecified atom stereocenters. The molecule has 4 rings (SSSR count). The van der Waals surface area contributed by atoms with Crippen molar-refractivity contribution in [3.8, 4) is 0 Å². The quantitative estimate of drug-likeness (QED) is 0.749. The lowest BCUT2D eigenvalue weighted by atomic mass is 9.96. The number of aliphatic hydroxyl groups is 1. The predicted molar refractivity (Wildman–Crippen MR) is 92.4 cm³/mol. The second kappa shape index (κ2) is 5.51. The number of rotatable bonds is 3. The fourth-order valence-electron chi connectivity index (χ4n) is 3.12. The third-order valence-electron chi connectivity index (χ3n) is 4.20. The summed E-state index contributed by atoms with van der Waals surface area (Å²) in [5.41, 5.74) is 0.623. The smallest absolute Gasteiger partial charge is 0.304 e. The lowest BCUT2D eigenvalue weighted by Crippen LogP contribution is -2.41. The normalized spacial score (nSPS) is 22.7. The number of carboxylic acid groups (broad SMARTS) is 1. The molecule has 24 heavy (non-hydrogen) atoms. The summed E-state index contributed by atoms with van der Waals surface area (Å²) in [4.78, 5) is 15.8. The van der Waals surface area contributed by atoms with Crippen LogP contribution in [0.5, 0.6) is 0 Å². The van der Waals surface area contributed by atoms with Crippen molar-refractivity contribution >= 4 is 40.4 Å². The number of carbonyl (C=O) groups is 1. The molecule has 0 saturated carbocycles. The summed E-state index contributed by atoms with van der Waals surface area (Å²) >= 11 is 7.24. The van der Waals surface area contributed by atoms with Gasteiger partial charge >= 0.3 is 5.97 Å². The Morgan fingerprint density at radius 1 is 1.25 bits per heavy atom. The Bertz CT molecular complexity index is 941. The minimum Gasteiger partial charge on any atom is -0.481 e. The number of fused-ring (bicyclic) bond motifs is 3. The SMILES string of the molecule is O=C(O)C[C@@H]1Sc2nc3ccccc3n2[C@]1(O)c1ccc(Cl)cc1. The molecule has 2 N–H and O–H groups in total. The molecule has 3 aromatic rings. The predicted octanol–water partition coefficient (Wildman–Crippen LogP) is 3.33. The molecule has 0 saturated heterocycles. The summed E-state index contributed by atoms with van der Waals surface area (Å²) in [7, 11) is 0. The van der Waals surface area contributed by atoms with Gasteiger partial charge in [-0.3, -0.25) is 9.36 Å². The highest BCUT2D eigenvalue weighted by atomic mass is 35.5. The van der Waals surface area contributed by atoms with Gasteiger partial charge in [0.15, 0.2) is 10.9 Å². The highest BCUT2D eigenvalue weighted by molar-refractivity contribution is 8.00. The van der Waals surface area contributed by atoms with Crippen LogP contribution in [-0.4, -0.2) is 31.0 Å². The maximum Gasteiger partial charge on any atom is 0.304 e. The van der Waals surface area contributed by atoms with Crippen LogP contribution in [0.2, 0.25) is 5.02 Å². The minimum absolute atomic E-state index is 0.179. The highest BCUT2D eigenvalue weighted by Gasteiger charge is 2.50. The molecular weight excluding hydrogens is 348 g/mol. The van der Waals surface area contributed by atoms with Crippen LogP contribution < -0.4 is 0 Å². The third kappa shape index (κ3) is 2.22. The molecule has 5 nitrogen and oxygen atoms in total. The van der Waals surface area contributed by atoms with Gasteiger partial charge in [0.2, 0.25) is 0 Å². The second-order valence-electron chi connectivity index (χ2n) is 5.66. The number of hydrogen-bond donors (Lipinski definition) is 2. The Morgan fingerprint density at radius 3 is 2.67 bits per heavy atom. The maximum atomic E-state index is 11.6. The van der Waals surface area contributed by atoms with E-state index in [4.69, 9.17) is 11.6 Å². The van der Waals surface area contributed by atoms with Gasteiger partial charge in [0.05, 0.1) is 22.7 Å². The average molecular weight is 361 g/mol. The number of para-hydroxylation sites is 2. The van der Waals surface area contributed by atoms with Gasteiger partial charge in [-0.15, -0.1) is 0 Å². The summed E-state index contributed by atoms with van der Waals surface area (Å²) < 4.78 is 1.73. The van der Waals surface area contributed by atoms with Crippen molar-refractivity contribution in [3.63, 3.8) is 0 Å². The third-order valence-corrected chi connectivity index (χ3v) is 5.71. The zero-order chi connectivity index (χ0) is 16.9. The van der Waals surface area contributed by atoms with Gasteiger partial charge < -0.3 is 10.2 Å². The molecule has 1 aromatic heterocycles. The molecule has 0 fully saturated rings. The van der Waals surface area contributed by atoms with Crippen LogP contribution in [0.15, 0.2) is 53.7 Å². The largest absolute Gasteiger partial charge is 0.481 e. The van der Waals surface area contributed by atoms with E-state index in [-0.39, 0.29) is 6.42 Å². The zero-order valence-corrected chi connectivity index (χ0v) is 14.0. The van der Waals surface area contributed by atoms with Crippen LogP contribution >= 0.6 is 23.4 Å². The molecule has 0 aliphatic carbocycles. The average Bonchev–Trinajstić information content (AvgIpc) is 3.03. The van der Waals surface area contributed by atoms with Crippen molar-refractivity contribution in [3.05, 3.63) is 59.1 Å². The Kier molecular flexibility index (Phi) is 3.56. The van der Waals surface area contributed by atoms with Crippen molar-refractivity contribution in [2.24, 2.45) is 0 Å². The number of hydrogen-bond acceptors (Lipinski definition) is 4. The van der Waals surface area contributed by atoms with Crippen LogP contribution in [-0.2, 0) is 10.5 Å². The van der Waals surface area contributed by atoms with Crippen molar-refractivity contribution in [2.45, 2.75) is 22.6 Å². The number of imidazole rings is 1. The maximum absolute atomic E-state index is 11.6.